The van der Waals surface area contributed by atoms with Gasteiger partial charge in [0.2, 0.25) is 17.6 Å². The number of hydrogen-bond donors (Lipinski definition) is 0. The van der Waals surface area contributed by atoms with Crippen LogP contribution in [0.5, 0.6) is 0 Å². The molecule has 0 spiro atoms. The molecule has 0 unspecified atom stereocenters. The molecule has 3 aromatic rings. The van der Waals surface area contributed by atoms with Crippen LogP contribution in [0.4, 0.5) is 13.2 Å². The van der Waals surface area contributed by atoms with Crippen LogP contribution in [0.1, 0.15) is 23.4 Å². The van der Waals surface area contributed by atoms with Crippen LogP contribution < -0.4 is 0 Å². The van der Waals surface area contributed by atoms with Crippen molar-refractivity contribution < 1.29 is 22.5 Å². The Balaban J connectivity index is 1.60. The van der Waals surface area contributed by atoms with Gasteiger partial charge in [-0.05, 0) is 17.7 Å². The standard InChI is InChI=1S/C20H18F3N3O2/c1-26(13-14-6-3-2-4-7-14)18(27)11-10-17-24-19(25-28-17)15-8-5-9-16(12-15)20(21,22)23/h2-9,12H,10-11,13H2,1H3. The van der Waals surface area contributed by atoms with Crippen LogP contribution in [-0.2, 0) is 23.9 Å². The van der Waals surface area contributed by atoms with E-state index in [0.29, 0.717) is 6.54 Å². The fourth-order valence-corrected chi connectivity index (χ4v) is 2.66. The Bertz CT molecular complexity index is 939. The summed E-state index contributed by atoms with van der Waals surface area (Å²) in [5, 5.41) is 3.72. The lowest BCUT2D eigenvalue weighted by Crippen LogP contribution is -2.26. The number of aromatic nitrogens is 2. The summed E-state index contributed by atoms with van der Waals surface area (Å²) in [6, 6.07) is 14.3. The second-order valence-electron chi connectivity index (χ2n) is 6.33. The maximum absolute atomic E-state index is 12.8. The maximum Gasteiger partial charge on any atom is 0.416 e. The summed E-state index contributed by atoms with van der Waals surface area (Å²) in [5.74, 6) is 0.169. The summed E-state index contributed by atoms with van der Waals surface area (Å²) in [7, 11) is 1.71. The first kappa shape index (κ1) is 19.6. The van der Waals surface area contributed by atoms with Gasteiger partial charge in [0.25, 0.3) is 0 Å². The summed E-state index contributed by atoms with van der Waals surface area (Å²) >= 11 is 0. The van der Waals surface area contributed by atoms with E-state index in [1.807, 2.05) is 30.3 Å². The van der Waals surface area contributed by atoms with E-state index in [0.717, 1.165) is 17.7 Å². The molecule has 3 rings (SSSR count). The predicted octanol–water partition coefficient (Wildman–Crippen LogP) is 4.35. The molecule has 1 amide bonds. The Kier molecular flexibility index (Phi) is 5.77. The Labute approximate surface area is 159 Å². The third kappa shape index (κ3) is 4.97. The van der Waals surface area contributed by atoms with Gasteiger partial charge in [-0.25, -0.2) is 0 Å². The van der Waals surface area contributed by atoms with Crippen molar-refractivity contribution in [1.82, 2.24) is 15.0 Å². The zero-order chi connectivity index (χ0) is 20.1. The van der Waals surface area contributed by atoms with Crippen LogP contribution in [0.25, 0.3) is 11.4 Å². The fourth-order valence-electron chi connectivity index (χ4n) is 2.66. The van der Waals surface area contributed by atoms with E-state index in [2.05, 4.69) is 10.1 Å². The van der Waals surface area contributed by atoms with Gasteiger partial charge in [0.05, 0.1) is 5.56 Å². The molecule has 0 aliphatic heterocycles. The molecule has 0 saturated heterocycles. The average molecular weight is 389 g/mol. The summed E-state index contributed by atoms with van der Waals surface area (Å²) in [6.07, 6.45) is -4.07. The quantitative estimate of drug-likeness (QED) is 0.629. The average Bonchev–Trinajstić information content (AvgIpc) is 3.15. The second kappa shape index (κ2) is 8.24. The van der Waals surface area contributed by atoms with Gasteiger partial charge in [-0.15, -0.1) is 0 Å². The number of benzene rings is 2. The molecular formula is C20H18F3N3O2. The number of carbonyl (C=O) groups is 1. The highest BCUT2D eigenvalue weighted by Crippen LogP contribution is 2.31. The molecule has 0 bridgehead atoms. The smallest absolute Gasteiger partial charge is 0.341 e. The molecule has 146 valence electrons. The van der Waals surface area contributed by atoms with E-state index in [1.54, 1.807) is 11.9 Å². The van der Waals surface area contributed by atoms with Crippen molar-refractivity contribution in [2.24, 2.45) is 0 Å². The second-order valence-corrected chi connectivity index (χ2v) is 6.33. The normalized spacial score (nSPS) is 11.4. The SMILES string of the molecule is CN(Cc1ccccc1)C(=O)CCc1nc(-c2cccc(C(F)(F)F)c2)no1. The lowest BCUT2D eigenvalue weighted by molar-refractivity contribution is -0.137. The Morgan fingerprint density at radius 1 is 1.11 bits per heavy atom. The highest BCUT2D eigenvalue weighted by molar-refractivity contribution is 5.76. The topological polar surface area (TPSA) is 59.2 Å². The number of rotatable bonds is 6. The summed E-state index contributed by atoms with van der Waals surface area (Å²) in [4.78, 5) is 18.0. The van der Waals surface area contributed by atoms with E-state index in [-0.39, 0.29) is 36.0 Å². The number of hydrogen-bond acceptors (Lipinski definition) is 4. The number of carbonyl (C=O) groups excluding carboxylic acids is 1. The minimum Gasteiger partial charge on any atom is -0.341 e. The maximum atomic E-state index is 12.8. The van der Waals surface area contributed by atoms with E-state index < -0.39 is 11.7 Å². The minimum absolute atomic E-state index is 0.0613. The number of amides is 1. The Morgan fingerprint density at radius 3 is 2.57 bits per heavy atom. The van der Waals surface area contributed by atoms with Crippen molar-refractivity contribution in [2.45, 2.75) is 25.6 Å². The molecule has 1 aromatic heterocycles. The van der Waals surface area contributed by atoms with Gasteiger partial charge < -0.3 is 9.42 Å². The zero-order valence-electron chi connectivity index (χ0n) is 15.1. The first-order valence-corrected chi connectivity index (χ1v) is 8.61. The van der Waals surface area contributed by atoms with Crippen molar-refractivity contribution in [2.75, 3.05) is 7.05 Å². The molecule has 8 heteroatoms. The highest BCUT2D eigenvalue weighted by Gasteiger charge is 2.30. The fraction of sp³-hybridized carbons (Fsp3) is 0.250. The Hall–Kier alpha value is -3.16. The molecule has 1 heterocycles. The largest absolute Gasteiger partial charge is 0.416 e. The molecule has 0 N–H and O–H groups in total. The third-order valence-corrected chi connectivity index (χ3v) is 4.16. The molecular weight excluding hydrogens is 371 g/mol. The van der Waals surface area contributed by atoms with Gasteiger partial charge in [0, 0.05) is 32.0 Å². The molecule has 0 fully saturated rings. The van der Waals surface area contributed by atoms with Gasteiger partial charge in [-0.3, -0.25) is 4.79 Å². The van der Waals surface area contributed by atoms with Gasteiger partial charge >= 0.3 is 6.18 Å². The van der Waals surface area contributed by atoms with Crippen molar-refractivity contribution >= 4 is 5.91 Å². The highest BCUT2D eigenvalue weighted by atomic mass is 19.4. The van der Waals surface area contributed by atoms with E-state index in [1.165, 1.54) is 12.1 Å². The minimum atomic E-state index is -4.45. The lowest BCUT2D eigenvalue weighted by atomic mass is 10.1. The zero-order valence-corrected chi connectivity index (χ0v) is 15.1. The number of halogens is 3. The number of nitrogens with zero attached hydrogens (tertiary/aromatic N) is 3. The van der Waals surface area contributed by atoms with Crippen LogP contribution in [0, 0.1) is 0 Å². The molecule has 0 aliphatic rings. The molecule has 0 saturated carbocycles. The van der Waals surface area contributed by atoms with Crippen LogP contribution in [0.2, 0.25) is 0 Å². The first-order valence-electron chi connectivity index (χ1n) is 8.61. The van der Waals surface area contributed by atoms with Gasteiger partial charge in [0.15, 0.2) is 0 Å². The molecule has 2 aromatic carbocycles. The van der Waals surface area contributed by atoms with Gasteiger partial charge in [-0.1, -0.05) is 47.6 Å². The summed E-state index contributed by atoms with van der Waals surface area (Å²) in [6.45, 7) is 0.485. The monoisotopic (exact) mass is 389 g/mol. The molecule has 0 radical (unpaired) electrons. The van der Waals surface area contributed by atoms with E-state index in [9.17, 15) is 18.0 Å². The van der Waals surface area contributed by atoms with Crippen LogP contribution >= 0.6 is 0 Å². The van der Waals surface area contributed by atoms with Crippen LogP contribution in [0.3, 0.4) is 0 Å². The summed E-state index contributed by atoms with van der Waals surface area (Å²) < 4.78 is 43.6. The van der Waals surface area contributed by atoms with Crippen molar-refractivity contribution in [3.8, 4) is 11.4 Å². The van der Waals surface area contributed by atoms with Crippen molar-refractivity contribution in [1.29, 1.82) is 0 Å². The van der Waals surface area contributed by atoms with Crippen molar-refractivity contribution in [3.05, 3.63) is 71.6 Å². The lowest BCUT2D eigenvalue weighted by Gasteiger charge is -2.16. The summed E-state index contributed by atoms with van der Waals surface area (Å²) in [5.41, 5.74) is 0.439. The van der Waals surface area contributed by atoms with Crippen LogP contribution in [-0.4, -0.2) is 28.0 Å². The third-order valence-electron chi connectivity index (χ3n) is 4.16. The first-order chi connectivity index (χ1) is 13.3. The van der Waals surface area contributed by atoms with Crippen molar-refractivity contribution in [3.63, 3.8) is 0 Å². The van der Waals surface area contributed by atoms with Gasteiger partial charge in [0.1, 0.15) is 0 Å². The number of aryl methyl sites for hydroxylation is 1. The molecule has 28 heavy (non-hydrogen) atoms. The Morgan fingerprint density at radius 2 is 1.86 bits per heavy atom. The predicted molar refractivity (Wildman–Crippen MR) is 96.0 cm³/mol. The number of alkyl halides is 3. The van der Waals surface area contributed by atoms with E-state index in [4.69, 9.17) is 4.52 Å². The van der Waals surface area contributed by atoms with Gasteiger partial charge in [-0.2, -0.15) is 18.2 Å². The molecule has 0 aliphatic carbocycles. The van der Waals surface area contributed by atoms with E-state index >= 15 is 0 Å². The van der Waals surface area contributed by atoms with Crippen LogP contribution in [0.15, 0.2) is 59.1 Å². The molecule has 5 nitrogen and oxygen atoms in total. The molecule has 0 atom stereocenters.